The van der Waals surface area contributed by atoms with Crippen LogP contribution < -0.4 is 5.01 Å². The summed E-state index contributed by atoms with van der Waals surface area (Å²) in [6, 6.07) is 17.3. The van der Waals surface area contributed by atoms with Crippen LogP contribution in [-0.4, -0.2) is 11.6 Å². The van der Waals surface area contributed by atoms with Crippen molar-refractivity contribution in [1.82, 2.24) is 0 Å². The normalized spacial score (nSPS) is 14.7. The zero-order valence-electron chi connectivity index (χ0n) is 10.1. The summed E-state index contributed by atoms with van der Waals surface area (Å²) in [5.74, 6) is 0.00109. The monoisotopic (exact) mass is 314 g/mol. The Morgan fingerprint density at radius 3 is 2.37 bits per heavy atom. The highest BCUT2D eigenvalue weighted by Gasteiger charge is 2.25. The number of halogens is 1. The molecule has 0 aliphatic carbocycles. The number of carbonyl (C=O) groups excluding carboxylic acids is 1. The predicted octanol–water partition coefficient (Wildman–Crippen LogP) is 3.59. The van der Waals surface area contributed by atoms with Gasteiger partial charge in [-0.1, -0.05) is 46.3 Å². The number of nitrogens with zero attached hydrogens (tertiary/aromatic N) is 2. The number of anilines is 1. The van der Waals surface area contributed by atoms with Crippen LogP contribution in [0.15, 0.2) is 64.2 Å². The first-order valence-corrected chi connectivity index (χ1v) is 6.75. The highest BCUT2D eigenvalue weighted by Crippen LogP contribution is 2.24. The molecule has 3 nitrogen and oxygen atoms in total. The second-order valence-electron chi connectivity index (χ2n) is 4.27. The largest absolute Gasteiger partial charge is 0.272 e. The molecule has 4 heteroatoms. The molecule has 0 N–H and O–H groups in total. The second-order valence-corrected chi connectivity index (χ2v) is 5.19. The fourth-order valence-electron chi connectivity index (χ4n) is 2.00. The van der Waals surface area contributed by atoms with E-state index in [2.05, 4.69) is 21.0 Å². The first-order valence-electron chi connectivity index (χ1n) is 5.95. The maximum Gasteiger partial charge on any atom is 0.253 e. The molecule has 0 aromatic heterocycles. The molecule has 0 bridgehead atoms. The summed E-state index contributed by atoms with van der Waals surface area (Å²) in [5.41, 5.74) is 2.60. The number of hydrazone groups is 1. The third-order valence-corrected chi connectivity index (χ3v) is 3.48. The summed E-state index contributed by atoms with van der Waals surface area (Å²) in [6.45, 7) is 0. The van der Waals surface area contributed by atoms with Gasteiger partial charge in [-0.3, -0.25) is 4.79 Å². The van der Waals surface area contributed by atoms with Crippen molar-refractivity contribution in [2.45, 2.75) is 6.42 Å². The lowest BCUT2D eigenvalue weighted by Gasteiger charge is -2.11. The minimum Gasteiger partial charge on any atom is -0.272 e. The smallest absolute Gasteiger partial charge is 0.253 e. The Morgan fingerprint density at radius 1 is 1.00 bits per heavy atom. The molecule has 2 aromatic carbocycles. The highest BCUT2D eigenvalue weighted by molar-refractivity contribution is 9.10. The lowest BCUT2D eigenvalue weighted by molar-refractivity contribution is -0.116. The van der Waals surface area contributed by atoms with Crippen LogP contribution in [0.5, 0.6) is 0 Å². The summed E-state index contributed by atoms with van der Waals surface area (Å²) in [6.07, 6.45) is 0.347. The standard InChI is InChI=1S/C15H11BrN2O/c16-12-6-8-13(9-7-12)18-15(19)10-14(17-18)11-4-2-1-3-5-11/h1-9H,10H2. The van der Waals surface area contributed by atoms with Gasteiger partial charge in [-0.05, 0) is 29.8 Å². The fraction of sp³-hybridized carbons (Fsp3) is 0.0667. The number of rotatable bonds is 2. The number of hydrogen-bond acceptors (Lipinski definition) is 2. The van der Waals surface area contributed by atoms with Crippen LogP contribution >= 0.6 is 15.9 Å². The van der Waals surface area contributed by atoms with Gasteiger partial charge in [0.1, 0.15) is 0 Å². The molecule has 1 heterocycles. The summed E-state index contributed by atoms with van der Waals surface area (Å²) in [5, 5.41) is 5.89. The molecule has 0 unspecified atom stereocenters. The van der Waals surface area contributed by atoms with E-state index in [4.69, 9.17) is 0 Å². The van der Waals surface area contributed by atoms with Crippen molar-refractivity contribution in [2.24, 2.45) is 5.10 Å². The summed E-state index contributed by atoms with van der Waals surface area (Å²) in [7, 11) is 0. The van der Waals surface area contributed by atoms with Gasteiger partial charge < -0.3 is 0 Å². The van der Waals surface area contributed by atoms with Gasteiger partial charge in [0, 0.05) is 4.47 Å². The first-order chi connectivity index (χ1) is 9.24. The van der Waals surface area contributed by atoms with Gasteiger partial charge in [-0.2, -0.15) is 5.10 Å². The molecule has 1 amide bonds. The molecular formula is C15H11BrN2O. The average Bonchev–Trinajstić information content (AvgIpc) is 2.83. The Kier molecular flexibility index (Phi) is 3.17. The zero-order chi connectivity index (χ0) is 13.2. The topological polar surface area (TPSA) is 32.7 Å². The highest BCUT2D eigenvalue weighted by atomic mass is 79.9. The van der Waals surface area contributed by atoms with Crippen molar-refractivity contribution in [3.05, 3.63) is 64.6 Å². The average molecular weight is 315 g/mol. The van der Waals surface area contributed by atoms with E-state index in [0.717, 1.165) is 21.4 Å². The maximum atomic E-state index is 12.0. The van der Waals surface area contributed by atoms with E-state index in [1.54, 1.807) is 0 Å². The Hall–Kier alpha value is -1.94. The van der Waals surface area contributed by atoms with Crippen LogP contribution in [0.3, 0.4) is 0 Å². The molecule has 3 rings (SSSR count). The molecule has 94 valence electrons. The van der Waals surface area contributed by atoms with Gasteiger partial charge in [-0.25, -0.2) is 5.01 Å². The maximum absolute atomic E-state index is 12.0. The predicted molar refractivity (Wildman–Crippen MR) is 79.2 cm³/mol. The molecule has 0 saturated carbocycles. The van der Waals surface area contributed by atoms with E-state index in [-0.39, 0.29) is 5.91 Å². The van der Waals surface area contributed by atoms with Gasteiger partial charge >= 0.3 is 0 Å². The summed E-state index contributed by atoms with van der Waals surface area (Å²) in [4.78, 5) is 12.0. The van der Waals surface area contributed by atoms with E-state index in [0.29, 0.717) is 6.42 Å². The summed E-state index contributed by atoms with van der Waals surface area (Å²) < 4.78 is 0.982. The van der Waals surface area contributed by atoms with E-state index in [1.165, 1.54) is 5.01 Å². The van der Waals surface area contributed by atoms with Gasteiger partial charge in [0.2, 0.25) is 0 Å². The molecular weight excluding hydrogens is 304 g/mol. The number of amides is 1. The van der Waals surface area contributed by atoms with Crippen LogP contribution in [0, 0.1) is 0 Å². The first kappa shape index (κ1) is 12.1. The quantitative estimate of drug-likeness (QED) is 0.833. The number of benzene rings is 2. The fourth-order valence-corrected chi connectivity index (χ4v) is 2.27. The lowest BCUT2D eigenvalue weighted by Crippen LogP contribution is -2.19. The molecule has 0 saturated heterocycles. The minimum absolute atomic E-state index is 0.00109. The van der Waals surface area contributed by atoms with Crippen LogP contribution in [0.1, 0.15) is 12.0 Å². The van der Waals surface area contributed by atoms with Crippen LogP contribution in [0.25, 0.3) is 0 Å². The molecule has 0 radical (unpaired) electrons. The lowest BCUT2D eigenvalue weighted by atomic mass is 10.1. The van der Waals surface area contributed by atoms with E-state index in [9.17, 15) is 4.79 Å². The van der Waals surface area contributed by atoms with Gasteiger partial charge in [0.05, 0.1) is 17.8 Å². The molecule has 1 aliphatic heterocycles. The SMILES string of the molecule is O=C1CC(c2ccccc2)=NN1c1ccc(Br)cc1. The third-order valence-electron chi connectivity index (χ3n) is 2.95. The van der Waals surface area contributed by atoms with Crippen molar-refractivity contribution < 1.29 is 4.79 Å². The van der Waals surface area contributed by atoms with Crippen LogP contribution in [-0.2, 0) is 4.79 Å². The summed E-state index contributed by atoms with van der Waals surface area (Å²) >= 11 is 3.38. The Bertz CT molecular complexity index is 635. The van der Waals surface area contributed by atoms with Gasteiger partial charge in [0.15, 0.2) is 0 Å². The van der Waals surface area contributed by atoms with E-state index in [1.807, 2.05) is 54.6 Å². The Labute approximate surface area is 119 Å². The number of carbonyl (C=O) groups is 1. The van der Waals surface area contributed by atoms with Crippen molar-refractivity contribution in [3.63, 3.8) is 0 Å². The number of hydrogen-bond donors (Lipinski definition) is 0. The van der Waals surface area contributed by atoms with Crippen molar-refractivity contribution in [3.8, 4) is 0 Å². The Balaban J connectivity index is 1.93. The molecule has 0 fully saturated rings. The van der Waals surface area contributed by atoms with Crippen LogP contribution in [0.4, 0.5) is 5.69 Å². The van der Waals surface area contributed by atoms with Crippen molar-refractivity contribution in [1.29, 1.82) is 0 Å². The molecule has 1 aliphatic rings. The Morgan fingerprint density at radius 2 is 1.68 bits per heavy atom. The molecule has 0 atom stereocenters. The van der Waals surface area contributed by atoms with Crippen molar-refractivity contribution in [2.75, 3.05) is 5.01 Å². The van der Waals surface area contributed by atoms with Crippen LogP contribution in [0.2, 0.25) is 0 Å². The molecule has 2 aromatic rings. The van der Waals surface area contributed by atoms with Gasteiger partial charge in [0.25, 0.3) is 5.91 Å². The molecule has 19 heavy (non-hydrogen) atoms. The van der Waals surface area contributed by atoms with E-state index < -0.39 is 0 Å². The van der Waals surface area contributed by atoms with E-state index >= 15 is 0 Å². The third kappa shape index (κ3) is 2.44. The molecule has 0 spiro atoms. The zero-order valence-corrected chi connectivity index (χ0v) is 11.7. The minimum atomic E-state index is 0.00109. The van der Waals surface area contributed by atoms with Crippen molar-refractivity contribution >= 4 is 33.2 Å². The van der Waals surface area contributed by atoms with Gasteiger partial charge in [-0.15, -0.1) is 0 Å². The second kappa shape index (κ2) is 4.97.